The Balaban J connectivity index is 2.51. The number of hydrogen-bond acceptors (Lipinski definition) is 3. The van der Waals surface area contributed by atoms with E-state index in [0.717, 1.165) is 19.6 Å². The van der Waals surface area contributed by atoms with Crippen molar-refractivity contribution in [3.8, 4) is 0 Å². The van der Waals surface area contributed by atoms with Crippen LogP contribution in [-0.2, 0) is 13.1 Å². The first kappa shape index (κ1) is 14.2. The first-order valence-corrected chi connectivity index (χ1v) is 6.43. The third kappa shape index (κ3) is 4.48. The lowest BCUT2D eigenvalue weighted by Crippen LogP contribution is -2.41. The van der Waals surface area contributed by atoms with E-state index in [-0.39, 0.29) is 0 Å². The molecule has 1 rings (SSSR count). The van der Waals surface area contributed by atoms with Crippen molar-refractivity contribution in [1.82, 2.24) is 20.0 Å². The Hall–Kier alpha value is -0.870. The molecular weight excluding hydrogens is 212 g/mol. The molecule has 17 heavy (non-hydrogen) atoms. The molecule has 0 radical (unpaired) electrons. The maximum atomic E-state index is 4.28. The van der Waals surface area contributed by atoms with Crippen molar-refractivity contribution in [1.29, 1.82) is 0 Å². The normalized spacial score (nSPS) is 13.6. The fourth-order valence-electron chi connectivity index (χ4n) is 1.94. The zero-order valence-corrected chi connectivity index (χ0v) is 11.8. The van der Waals surface area contributed by atoms with Gasteiger partial charge in [0.1, 0.15) is 0 Å². The molecule has 4 nitrogen and oxygen atoms in total. The van der Waals surface area contributed by atoms with Crippen molar-refractivity contribution >= 4 is 0 Å². The summed E-state index contributed by atoms with van der Waals surface area (Å²) in [6.45, 7) is 9.54. The second kappa shape index (κ2) is 6.77. The Morgan fingerprint density at radius 2 is 2.12 bits per heavy atom. The van der Waals surface area contributed by atoms with E-state index in [0.29, 0.717) is 12.0 Å². The molecule has 0 saturated heterocycles. The molecule has 0 aliphatic rings. The Labute approximate surface area is 105 Å². The predicted octanol–water partition coefficient (Wildman–Crippen LogP) is 1.58. The Morgan fingerprint density at radius 1 is 1.41 bits per heavy atom. The van der Waals surface area contributed by atoms with Crippen LogP contribution in [0.25, 0.3) is 0 Å². The predicted molar refractivity (Wildman–Crippen MR) is 71.9 cm³/mol. The molecular formula is C13H26N4. The van der Waals surface area contributed by atoms with Crippen LogP contribution in [-0.4, -0.2) is 41.4 Å². The van der Waals surface area contributed by atoms with Gasteiger partial charge in [-0.3, -0.25) is 4.68 Å². The molecule has 1 N–H and O–H groups in total. The van der Waals surface area contributed by atoms with Gasteiger partial charge in [0.15, 0.2) is 0 Å². The molecule has 0 aliphatic carbocycles. The SMILES string of the molecule is CCn1nccc1CNC(CN(C)C)C(C)C. The summed E-state index contributed by atoms with van der Waals surface area (Å²) >= 11 is 0. The minimum Gasteiger partial charge on any atom is -0.308 e. The minimum atomic E-state index is 0.519. The molecule has 0 spiro atoms. The summed E-state index contributed by atoms with van der Waals surface area (Å²) < 4.78 is 2.04. The summed E-state index contributed by atoms with van der Waals surface area (Å²) in [6.07, 6.45) is 1.87. The highest BCUT2D eigenvalue weighted by atomic mass is 15.3. The van der Waals surface area contributed by atoms with Crippen molar-refractivity contribution in [2.75, 3.05) is 20.6 Å². The Bertz CT molecular complexity index is 317. The minimum absolute atomic E-state index is 0.519. The molecule has 1 atom stereocenters. The van der Waals surface area contributed by atoms with Crippen molar-refractivity contribution in [3.05, 3.63) is 18.0 Å². The van der Waals surface area contributed by atoms with Crippen LogP contribution >= 0.6 is 0 Å². The molecule has 1 heterocycles. The van der Waals surface area contributed by atoms with Gasteiger partial charge in [0.25, 0.3) is 0 Å². The average Bonchev–Trinajstić information content (AvgIpc) is 2.70. The van der Waals surface area contributed by atoms with Gasteiger partial charge >= 0.3 is 0 Å². The summed E-state index contributed by atoms with van der Waals surface area (Å²) in [5.41, 5.74) is 1.26. The number of nitrogens with one attached hydrogen (secondary N) is 1. The van der Waals surface area contributed by atoms with Crippen LogP contribution < -0.4 is 5.32 Å². The van der Waals surface area contributed by atoms with Crippen LogP contribution in [0.3, 0.4) is 0 Å². The van der Waals surface area contributed by atoms with Gasteiger partial charge in [-0.1, -0.05) is 13.8 Å². The van der Waals surface area contributed by atoms with Crippen LogP contribution in [0.15, 0.2) is 12.3 Å². The number of aryl methyl sites for hydroxylation is 1. The molecule has 0 aliphatic heterocycles. The molecule has 1 aromatic heterocycles. The van der Waals surface area contributed by atoms with Gasteiger partial charge in [-0.15, -0.1) is 0 Å². The summed E-state index contributed by atoms with van der Waals surface area (Å²) in [7, 11) is 4.24. The van der Waals surface area contributed by atoms with Gasteiger partial charge in [-0.05, 0) is 33.0 Å². The van der Waals surface area contributed by atoms with Crippen LogP contribution in [0.5, 0.6) is 0 Å². The van der Waals surface area contributed by atoms with Crippen LogP contribution in [0.1, 0.15) is 26.5 Å². The third-order valence-electron chi connectivity index (χ3n) is 3.02. The average molecular weight is 238 g/mol. The molecule has 4 heteroatoms. The van der Waals surface area contributed by atoms with E-state index in [4.69, 9.17) is 0 Å². The fraction of sp³-hybridized carbons (Fsp3) is 0.769. The molecule has 0 aromatic carbocycles. The topological polar surface area (TPSA) is 33.1 Å². The van der Waals surface area contributed by atoms with Gasteiger partial charge in [0.05, 0.1) is 5.69 Å². The van der Waals surface area contributed by atoms with Crippen LogP contribution in [0.2, 0.25) is 0 Å². The van der Waals surface area contributed by atoms with Gasteiger partial charge in [0, 0.05) is 31.9 Å². The molecule has 0 saturated carbocycles. The van der Waals surface area contributed by atoms with Gasteiger partial charge in [-0.2, -0.15) is 5.10 Å². The lowest BCUT2D eigenvalue weighted by Gasteiger charge is -2.25. The van der Waals surface area contributed by atoms with E-state index in [9.17, 15) is 0 Å². The second-order valence-electron chi connectivity index (χ2n) is 5.13. The van der Waals surface area contributed by atoms with Gasteiger partial charge in [0.2, 0.25) is 0 Å². The maximum Gasteiger partial charge on any atom is 0.0522 e. The van der Waals surface area contributed by atoms with Crippen LogP contribution in [0, 0.1) is 5.92 Å². The molecule has 1 unspecified atom stereocenters. The highest BCUT2D eigenvalue weighted by Gasteiger charge is 2.14. The van der Waals surface area contributed by atoms with Gasteiger partial charge in [-0.25, -0.2) is 0 Å². The fourth-order valence-corrected chi connectivity index (χ4v) is 1.94. The van der Waals surface area contributed by atoms with Crippen molar-refractivity contribution < 1.29 is 0 Å². The Kier molecular flexibility index (Phi) is 5.65. The lowest BCUT2D eigenvalue weighted by molar-refractivity contribution is 0.286. The second-order valence-corrected chi connectivity index (χ2v) is 5.13. The maximum absolute atomic E-state index is 4.28. The van der Waals surface area contributed by atoms with E-state index >= 15 is 0 Å². The van der Waals surface area contributed by atoms with Gasteiger partial charge < -0.3 is 10.2 Å². The lowest BCUT2D eigenvalue weighted by atomic mass is 10.0. The molecule has 0 amide bonds. The molecule has 0 fully saturated rings. The first-order valence-electron chi connectivity index (χ1n) is 6.43. The monoisotopic (exact) mass is 238 g/mol. The van der Waals surface area contributed by atoms with Crippen molar-refractivity contribution in [3.63, 3.8) is 0 Å². The van der Waals surface area contributed by atoms with Crippen molar-refractivity contribution in [2.24, 2.45) is 5.92 Å². The first-order chi connectivity index (χ1) is 8.04. The standard InChI is InChI=1S/C13H26N4/c1-6-17-12(7-8-15-17)9-14-13(11(2)3)10-16(4)5/h7-8,11,13-14H,6,9-10H2,1-5H3. The van der Waals surface area contributed by atoms with Crippen molar-refractivity contribution in [2.45, 2.75) is 39.9 Å². The largest absolute Gasteiger partial charge is 0.308 e. The molecule has 0 bridgehead atoms. The molecule has 98 valence electrons. The number of aromatic nitrogens is 2. The summed E-state index contributed by atoms with van der Waals surface area (Å²) in [4.78, 5) is 2.23. The Morgan fingerprint density at radius 3 is 2.65 bits per heavy atom. The van der Waals surface area contributed by atoms with E-state index < -0.39 is 0 Å². The number of hydrogen-bond donors (Lipinski definition) is 1. The van der Waals surface area contributed by atoms with E-state index in [1.807, 2.05) is 10.9 Å². The van der Waals surface area contributed by atoms with E-state index in [1.165, 1.54) is 5.69 Å². The number of nitrogens with zero attached hydrogens (tertiary/aromatic N) is 3. The summed E-state index contributed by atoms with van der Waals surface area (Å²) in [5, 5.41) is 7.91. The van der Waals surface area contributed by atoms with E-state index in [1.54, 1.807) is 0 Å². The van der Waals surface area contributed by atoms with E-state index in [2.05, 4.69) is 56.2 Å². The number of likely N-dealkylation sites (N-methyl/N-ethyl adjacent to an activating group) is 1. The number of rotatable bonds is 7. The summed E-state index contributed by atoms with van der Waals surface area (Å²) in [6, 6.07) is 2.61. The smallest absolute Gasteiger partial charge is 0.0522 e. The van der Waals surface area contributed by atoms with Crippen LogP contribution in [0.4, 0.5) is 0 Å². The zero-order chi connectivity index (χ0) is 12.8. The third-order valence-corrected chi connectivity index (χ3v) is 3.02. The zero-order valence-electron chi connectivity index (χ0n) is 11.8. The highest BCUT2D eigenvalue weighted by Crippen LogP contribution is 2.05. The summed E-state index contributed by atoms with van der Waals surface area (Å²) in [5.74, 6) is 0.635. The highest BCUT2D eigenvalue weighted by molar-refractivity contribution is 5.00. The quantitative estimate of drug-likeness (QED) is 0.783. The molecule has 1 aromatic rings.